The van der Waals surface area contributed by atoms with Gasteiger partial charge in [-0.2, -0.15) is 0 Å². The molecule has 5 nitrogen and oxygen atoms in total. The van der Waals surface area contributed by atoms with Crippen LogP contribution in [0.3, 0.4) is 0 Å². The van der Waals surface area contributed by atoms with E-state index in [2.05, 4.69) is 5.32 Å². The molecule has 2 atom stereocenters. The number of hydrogen-bond acceptors (Lipinski definition) is 4. The van der Waals surface area contributed by atoms with Gasteiger partial charge in [0, 0.05) is 20.1 Å². The number of amides is 1. The summed E-state index contributed by atoms with van der Waals surface area (Å²) < 4.78 is 18.4. The van der Waals surface area contributed by atoms with E-state index >= 15 is 0 Å². The second-order valence-electron chi connectivity index (χ2n) is 5.01. The number of halogens is 1. The van der Waals surface area contributed by atoms with Crippen LogP contribution >= 0.6 is 0 Å². The molecule has 0 spiro atoms. The van der Waals surface area contributed by atoms with Gasteiger partial charge in [0.25, 0.3) is 0 Å². The van der Waals surface area contributed by atoms with Crippen LogP contribution in [0.2, 0.25) is 0 Å². The molecule has 1 fully saturated rings. The first-order valence-corrected chi connectivity index (χ1v) is 6.50. The lowest BCUT2D eigenvalue weighted by Gasteiger charge is -2.21. The first-order chi connectivity index (χ1) is 9.51. The number of carbonyl (C=O) groups is 1. The van der Waals surface area contributed by atoms with Crippen molar-refractivity contribution in [2.45, 2.75) is 25.1 Å². The molecule has 0 radical (unpaired) electrons. The molecule has 20 heavy (non-hydrogen) atoms. The van der Waals surface area contributed by atoms with Gasteiger partial charge in [-0.25, -0.2) is 4.39 Å². The smallest absolute Gasteiger partial charge is 0.239 e. The highest BCUT2D eigenvalue weighted by Gasteiger charge is 2.30. The Labute approximate surface area is 117 Å². The zero-order valence-electron chi connectivity index (χ0n) is 11.6. The predicted octanol–water partition coefficient (Wildman–Crippen LogP) is 0.516. The summed E-state index contributed by atoms with van der Waals surface area (Å²) in [4.78, 5) is 13.7. The van der Waals surface area contributed by atoms with Gasteiger partial charge in [0.15, 0.2) is 11.6 Å². The molecule has 1 aromatic rings. The monoisotopic (exact) mass is 282 g/mol. The van der Waals surface area contributed by atoms with Crippen molar-refractivity contribution in [1.29, 1.82) is 0 Å². The van der Waals surface area contributed by atoms with Gasteiger partial charge >= 0.3 is 0 Å². The van der Waals surface area contributed by atoms with Crippen LogP contribution in [0.4, 0.5) is 4.39 Å². The van der Waals surface area contributed by atoms with E-state index in [9.17, 15) is 14.3 Å². The third-order valence-electron chi connectivity index (χ3n) is 3.42. The normalized spacial score (nSPS) is 21.8. The predicted molar refractivity (Wildman–Crippen MR) is 71.8 cm³/mol. The Kier molecular flexibility index (Phi) is 4.57. The second kappa shape index (κ2) is 6.19. The fourth-order valence-corrected chi connectivity index (χ4v) is 2.33. The number of nitrogens with zero attached hydrogens (tertiary/aromatic N) is 1. The van der Waals surface area contributed by atoms with Crippen molar-refractivity contribution < 1.29 is 19.0 Å². The Morgan fingerprint density at radius 2 is 2.35 bits per heavy atom. The maximum Gasteiger partial charge on any atom is 0.239 e. The van der Waals surface area contributed by atoms with Crippen LogP contribution in [-0.4, -0.2) is 48.8 Å². The summed E-state index contributed by atoms with van der Waals surface area (Å²) >= 11 is 0. The van der Waals surface area contributed by atoms with Crippen molar-refractivity contribution in [2.75, 3.05) is 20.7 Å². The zero-order chi connectivity index (χ0) is 14.7. The topological polar surface area (TPSA) is 61.8 Å². The minimum atomic E-state index is -0.476. The summed E-state index contributed by atoms with van der Waals surface area (Å²) in [5.74, 6) is -0.360. The van der Waals surface area contributed by atoms with E-state index in [1.165, 1.54) is 18.1 Å². The van der Waals surface area contributed by atoms with E-state index in [0.717, 1.165) is 0 Å². The van der Waals surface area contributed by atoms with E-state index in [0.29, 0.717) is 25.1 Å². The number of nitrogens with one attached hydrogen (secondary N) is 1. The molecule has 1 aliphatic rings. The van der Waals surface area contributed by atoms with Gasteiger partial charge in [-0.3, -0.25) is 4.79 Å². The molecule has 2 rings (SSSR count). The lowest BCUT2D eigenvalue weighted by Crippen LogP contribution is -2.41. The Hall–Kier alpha value is -1.66. The van der Waals surface area contributed by atoms with Gasteiger partial charge in [-0.15, -0.1) is 0 Å². The minimum absolute atomic E-state index is 0.0993. The summed E-state index contributed by atoms with van der Waals surface area (Å²) in [5, 5.41) is 12.4. The minimum Gasteiger partial charge on any atom is -0.494 e. The first-order valence-electron chi connectivity index (χ1n) is 6.50. The lowest BCUT2D eigenvalue weighted by molar-refractivity contribution is -0.132. The molecule has 0 saturated carbocycles. The van der Waals surface area contributed by atoms with Crippen molar-refractivity contribution >= 4 is 5.91 Å². The highest BCUT2D eigenvalue weighted by atomic mass is 19.1. The van der Waals surface area contributed by atoms with Gasteiger partial charge in [-0.05, 0) is 24.1 Å². The average Bonchev–Trinajstić information content (AvgIpc) is 2.84. The Morgan fingerprint density at radius 3 is 2.90 bits per heavy atom. The van der Waals surface area contributed by atoms with Crippen LogP contribution in [0.25, 0.3) is 0 Å². The van der Waals surface area contributed by atoms with Crippen LogP contribution < -0.4 is 10.1 Å². The average molecular weight is 282 g/mol. The fourth-order valence-electron chi connectivity index (χ4n) is 2.33. The molecule has 0 aliphatic carbocycles. The second-order valence-corrected chi connectivity index (χ2v) is 5.01. The van der Waals surface area contributed by atoms with E-state index in [1.807, 2.05) is 0 Å². The van der Waals surface area contributed by atoms with Crippen LogP contribution in [0.1, 0.15) is 12.0 Å². The summed E-state index contributed by atoms with van der Waals surface area (Å²) in [7, 11) is 3.07. The third-order valence-corrected chi connectivity index (χ3v) is 3.42. The van der Waals surface area contributed by atoms with E-state index in [4.69, 9.17) is 4.74 Å². The van der Waals surface area contributed by atoms with Gasteiger partial charge in [0.1, 0.15) is 0 Å². The Morgan fingerprint density at radius 1 is 1.60 bits per heavy atom. The molecule has 110 valence electrons. The number of aliphatic hydroxyl groups is 1. The van der Waals surface area contributed by atoms with Crippen molar-refractivity contribution in [3.8, 4) is 5.75 Å². The quantitative estimate of drug-likeness (QED) is 0.845. The van der Waals surface area contributed by atoms with E-state index < -0.39 is 11.9 Å². The largest absolute Gasteiger partial charge is 0.494 e. The highest BCUT2D eigenvalue weighted by Crippen LogP contribution is 2.19. The molecule has 6 heteroatoms. The number of carbonyl (C=O) groups excluding carboxylic acids is 1. The molecular formula is C14H19FN2O3. The number of methoxy groups -OCH3 is 1. The number of benzene rings is 1. The lowest BCUT2D eigenvalue weighted by atomic mass is 10.1. The van der Waals surface area contributed by atoms with Crippen molar-refractivity contribution in [3.05, 3.63) is 29.6 Å². The maximum atomic E-state index is 13.6. The molecule has 1 aliphatic heterocycles. The van der Waals surface area contributed by atoms with Crippen LogP contribution in [0.5, 0.6) is 5.75 Å². The highest BCUT2D eigenvalue weighted by molar-refractivity contribution is 5.82. The van der Waals surface area contributed by atoms with E-state index in [1.54, 1.807) is 19.2 Å². The molecule has 1 heterocycles. The number of hydrogen-bond donors (Lipinski definition) is 2. The molecule has 1 aromatic carbocycles. The number of β-amino-alcohol motifs (C(OH)–C–C–N with tert-alkyl or cyclic N) is 1. The summed E-state index contributed by atoms with van der Waals surface area (Å²) in [6, 6.07) is 4.26. The summed E-state index contributed by atoms with van der Waals surface area (Å²) in [6.45, 7) is 0.745. The molecular weight excluding hydrogens is 263 g/mol. The SMILES string of the molecule is COc1ccc(CN(C)C(=O)[C@H]2C[C@H](O)CN2)cc1F. The standard InChI is InChI=1S/C14H19FN2O3/c1-17(14(19)12-6-10(18)7-16-12)8-9-3-4-13(20-2)11(15)5-9/h3-5,10,12,16,18H,6-8H2,1-2H3/t10-,12+/m0/s1. The summed E-state index contributed by atoms with van der Waals surface area (Å²) in [5.41, 5.74) is 0.692. The number of aliphatic hydroxyl groups excluding tert-OH is 1. The molecule has 2 N–H and O–H groups in total. The third kappa shape index (κ3) is 3.26. The van der Waals surface area contributed by atoms with E-state index in [-0.39, 0.29) is 17.7 Å². The number of ether oxygens (including phenoxy) is 1. The molecule has 0 aromatic heterocycles. The number of likely N-dealkylation sites (N-methyl/N-ethyl adjacent to an activating group) is 1. The van der Waals surface area contributed by atoms with Crippen molar-refractivity contribution in [1.82, 2.24) is 10.2 Å². The Bertz CT molecular complexity index is 495. The molecule has 0 unspecified atom stereocenters. The summed E-state index contributed by atoms with van der Waals surface area (Å²) in [6.07, 6.45) is -0.0593. The van der Waals surface area contributed by atoms with Gasteiger partial charge in [0.05, 0.1) is 19.3 Å². The van der Waals surface area contributed by atoms with Gasteiger partial charge < -0.3 is 20.1 Å². The van der Waals surface area contributed by atoms with Crippen molar-refractivity contribution in [3.63, 3.8) is 0 Å². The number of rotatable bonds is 4. The molecule has 0 bridgehead atoms. The van der Waals surface area contributed by atoms with Crippen LogP contribution in [0.15, 0.2) is 18.2 Å². The molecule has 1 amide bonds. The fraction of sp³-hybridized carbons (Fsp3) is 0.500. The first kappa shape index (κ1) is 14.7. The van der Waals surface area contributed by atoms with Crippen molar-refractivity contribution in [2.24, 2.45) is 0 Å². The van der Waals surface area contributed by atoms with Gasteiger partial charge in [0.2, 0.25) is 5.91 Å². The zero-order valence-corrected chi connectivity index (χ0v) is 11.6. The van der Waals surface area contributed by atoms with Crippen LogP contribution in [0, 0.1) is 5.82 Å². The van der Waals surface area contributed by atoms with Crippen LogP contribution in [-0.2, 0) is 11.3 Å². The van der Waals surface area contributed by atoms with Gasteiger partial charge in [-0.1, -0.05) is 6.07 Å². The maximum absolute atomic E-state index is 13.6. The Balaban J connectivity index is 1.98. The molecule has 1 saturated heterocycles.